The predicted molar refractivity (Wildman–Crippen MR) is 71.3 cm³/mol. The van der Waals surface area contributed by atoms with E-state index in [1.165, 1.54) is 18.4 Å². The second-order valence-corrected chi connectivity index (χ2v) is 4.75. The van der Waals surface area contributed by atoms with E-state index in [4.69, 9.17) is 9.47 Å². The number of methoxy groups -OCH3 is 2. The van der Waals surface area contributed by atoms with Crippen LogP contribution in [0, 0.1) is 0 Å². The molecule has 0 aliphatic heterocycles. The van der Waals surface area contributed by atoms with Gasteiger partial charge in [0, 0.05) is 7.11 Å². The molecule has 96 valence electrons. The minimum absolute atomic E-state index is 0.205. The van der Waals surface area contributed by atoms with Gasteiger partial charge in [0.1, 0.15) is 11.9 Å². The molecule has 1 amide bonds. The third-order valence-corrected chi connectivity index (χ3v) is 3.48. The molecule has 1 atom stereocenters. The molecule has 0 aliphatic carbocycles. The Morgan fingerprint density at radius 1 is 1.44 bits per heavy atom. The Morgan fingerprint density at radius 2 is 2.22 bits per heavy atom. The van der Waals surface area contributed by atoms with E-state index in [2.05, 4.69) is 10.3 Å². The van der Waals surface area contributed by atoms with Crippen LogP contribution in [0.1, 0.15) is 6.92 Å². The molecule has 1 N–H and O–H groups in total. The number of ether oxygens (including phenoxy) is 2. The summed E-state index contributed by atoms with van der Waals surface area (Å²) in [5.41, 5.74) is 0.834. The third kappa shape index (κ3) is 2.60. The number of nitrogens with one attached hydrogen (secondary N) is 1. The molecule has 0 saturated carbocycles. The zero-order valence-corrected chi connectivity index (χ0v) is 11.2. The van der Waals surface area contributed by atoms with Gasteiger partial charge < -0.3 is 9.47 Å². The summed E-state index contributed by atoms with van der Waals surface area (Å²) in [6.07, 6.45) is -0.494. The number of thiazole rings is 1. The summed E-state index contributed by atoms with van der Waals surface area (Å²) in [7, 11) is 3.11. The highest BCUT2D eigenvalue weighted by Gasteiger charge is 2.14. The second-order valence-electron chi connectivity index (χ2n) is 3.72. The van der Waals surface area contributed by atoms with E-state index in [1.807, 2.05) is 18.2 Å². The molecule has 2 aromatic rings. The van der Waals surface area contributed by atoms with Gasteiger partial charge in [-0.1, -0.05) is 11.3 Å². The minimum atomic E-state index is -0.494. The van der Waals surface area contributed by atoms with Crippen LogP contribution < -0.4 is 10.1 Å². The Labute approximate surface area is 109 Å². The summed E-state index contributed by atoms with van der Waals surface area (Å²) in [5.74, 6) is 0.567. The lowest BCUT2D eigenvalue weighted by Crippen LogP contribution is -2.26. The van der Waals surface area contributed by atoms with E-state index in [0.717, 1.165) is 16.0 Å². The van der Waals surface area contributed by atoms with Crippen molar-refractivity contribution < 1.29 is 14.3 Å². The molecule has 0 saturated heterocycles. The van der Waals surface area contributed by atoms with Crippen molar-refractivity contribution in [2.75, 3.05) is 19.5 Å². The Hall–Kier alpha value is -1.66. The van der Waals surface area contributed by atoms with Crippen LogP contribution in [0.5, 0.6) is 5.75 Å². The smallest absolute Gasteiger partial charge is 0.254 e. The zero-order chi connectivity index (χ0) is 13.1. The first-order valence-corrected chi connectivity index (χ1v) is 6.24. The topological polar surface area (TPSA) is 60.5 Å². The molecule has 0 bridgehead atoms. The van der Waals surface area contributed by atoms with Gasteiger partial charge in [-0.15, -0.1) is 0 Å². The number of anilines is 1. The van der Waals surface area contributed by atoms with Crippen molar-refractivity contribution in [3.63, 3.8) is 0 Å². The first kappa shape index (κ1) is 12.8. The minimum Gasteiger partial charge on any atom is -0.497 e. The number of fused-ring (bicyclic) bond motifs is 1. The molecule has 18 heavy (non-hydrogen) atoms. The van der Waals surface area contributed by atoms with E-state index in [-0.39, 0.29) is 5.91 Å². The Bertz CT molecular complexity index is 567. The molecule has 1 aromatic carbocycles. The molecule has 0 spiro atoms. The fraction of sp³-hybridized carbons (Fsp3) is 0.333. The van der Waals surface area contributed by atoms with Crippen molar-refractivity contribution >= 4 is 32.6 Å². The average molecular weight is 266 g/mol. The second kappa shape index (κ2) is 5.32. The quantitative estimate of drug-likeness (QED) is 0.922. The fourth-order valence-electron chi connectivity index (χ4n) is 1.40. The van der Waals surface area contributed by atoms with Gasteiger partial charge in [0.2, 0.25) is 0 Å². The normalized spacial score (nSPS) is 12.4. The summed E-state index contributed by atoms with van der Waals surface area (Å²) < 4.78 is 11.0. The summed E-state index contributed by atoms with van der Waals surface area (Å²) in [4.78, 5) is 16.0. The van der Waals surface area contributed by atoms with Crippen LogP contribution in [-0.2, 0) is 9.53 Å². The van der Waals surface area contributed by atoms with E-state index >= 15 is 0 Å². The number of hydrogen-bond acceptors (Lipinski definition) is 5. The number of carbonyl (C=O) groups excluding carboxylic acids is 1. The molecule has 0 radical (unpaired) electrons. The van der Waals surface area contributed by atoms with Crippen LogP contribution in [0.3, 0.4) is 0 Å². The Morgan fingerprint density at radius 3 is 2.89 bits per heavy atom. The van der Waals surface area contributed by atoms with Crippen LogP contribution >= 0.6 is 11.3 Å². The van der Waals surface area contributed by atoms with E-state index in [0.29, 0.717) is 5.13 Å². The Balaban J connectivity index is 2.22. The van der Waals surface area contributed by atoms with Gasteiger partial charge in [-0.05, 0) is 25.1 Å². The number of hydrogen-bond donors (Lipinski definition) is 1. The van der Waals surface area contributed by atoms with Gasteiger partial charge in [-0.3, -0.25) is 10.1 Å². The highest BCUT2D eigenvalue weighted by Crippen LogP contribution is 2.29. The monoisotopic (exact) mass is 266 g/mol. The summed E-state index contributed by atoms with van der Waals surface area (Å²) in [6, 6.07) is 5.59. The summed E-state index contributed by atoms with van der Waals surface area (Å²) in [5, 5.41) is 3.28. The summed E-state index contributed by atoms with van der Waals surface area (Å²) in [6.45, 7) is 1.69. The van der Waals surface area contributed by atoms with Crippen LogP contribution in [0.25, 0.3) is 10.2 Å². The lowest BCUT2D eigenvalue weighted by molar-refractivity contribution is -0.124. The van der Waals surface area contributed by atoms with Crippen molar-refractivity contribution in [2.45, 2.75) is 13.0 Å². The van der Waals surface area contributed by atoms with Crippen LogP contribution in [0.15, 0.2) is 18.2 Å². The number of carbonyl (C=O) groups is 1. The Kier molecular flexibility index (Phi) is 3.78. The summed E-state index contributed by atoms with van der Waals surface area (Å²) >= 11 is 1.40. The van der Waals surface area contributed by atoms with Gasteiger partial charge in [0.15, 0.2) is 5.13 Å². The number of aromatic nitrogens is 1. The first-order valence-electron chi connectivity index (χ1n) is 5.42. The van der Waals surface area contributed by atoms with Gasteiger partial charge in [0.25, 0.3) is 5.91 Å². The molecular formula is C12H14N2O3S. The molecule has 6 heteroatoms. The highest BCUT2D eigenvalue weighted by atomic mass is 32.1. The van der Waals surface area contributed by atoms with Crippen LogP contribution in [0.4, 0.5) is 5.13 Å². The first-order chi connectivity index (χ1) is 8.63. The lowest BCUT2D eigenvalue weighted by Gasteiger charge is -2.07. The predicted octanol–water partition coefficient (Wildman–Crippen LogP) is 2.28. The van der Waals surface area contributed by atoms with Gasteiger partial charge in [0.05, 0.1) is 17.3 Å². The maximum Gasteiger partial charge on any atom is 0.254 e. The maximum absolute atomic E-state index is 11.6. The van der Waals surface area contributed by atoms with E-state index in [1.54, 1.807) is 14.0 Å². The average Bonchev–Trinajstić information content (AvgIpc) is 2.78. The maximum atomic E-state index is 11.6. The third-order valence-electron chi connectivity index (χ3n) is 2.55. The molecule has 5 nitrogen and oxygen atoms in total. The standard InChI is InChI=1S/C12H14N2O3S/c1-7(16-2)11(15)14-12-13-9-5-4-8(17-3)6-10(9)18-12/h4-7H,1-3H3,(H,13,14,15). The van der Waals surface area contributed by atoms with Gasteiger partial charge in [-0.2, -0.15) is 0 Å². The largest absolute Gasteiger partial charge is 0.497 e. The number of nitrogens with zero attached hydrogens (tertiary/aromatic N) is 1. The fourth-order valence-corrected chi connectivity index (χ4v) is 2.30. The van der Waals surface area contributed by atoms with Crippen molar-refractivity contribution in [1.29, 1.82) is 0 Å². The molecule has 0 fully saturated rings. The van der Waals surface area contributed by atoms with Crippen molar-refractivity contribution in [1.82, 2.24) is 4.98 Å². The molecular weight excluding hydrogens is 252 g/mol. The number of rotatable bonds is 4. The molecule has 0 aliphatic rings. The van der Waals surface area contributed by atoms with E-state index in [9.17, 15) is 4.79 Å². The van der Waals surface area contributed by atoms with Gasteiger partial charge in [-0.25, -0.2) is 4.98 Å². The van der Waals surface area contributed by atoms with Crippen molar-refractivity contribution in [3.8, 4) is 5.75 Å². The van der Waals surface area contributed by atoms with Crippen molar-refractivity contribution in [2.24, 2.45) is 0 Å². The highest BCUT2D eigenvalue weighted by molar-refractivity contribution is 7.22. The molecule has 1 aromatic heterocycles. The van der Waals surface area contributed by atoms with Gasteiger partial charge >= 0.3 is 0 Å². The SMILES string of the molecule is COc1ccc2nc(NC(=O)C(C)OC)sc2c1. The molecule has 1 heterocycles. The molecule has 2 rings (SSSR count). The number of amides is 1. The number of benzene rings is 1. The zero-order valence-electron chi connectivity index (χ0n) is 10.4. The van der Waals surface area contributed by atoms with E-state index < -0.39 is 6.10 Å². The molecule has 1 unspecified atom stereocenters. The van der Waals surface area contributed by atoms with Crippen LogP contribution in [-0.4, -0.2) is 31.2 Å². The van der Waals surface area contributed by atoms with Crippen LogP contribution in [0.2, 0.25) is 0 Å². The lowest BCUT2D eigenvalue weighted by atomic mass is 10.3. The van der Waals surface area contributed by atoms with Crippen molar-refractivity contribution in [3.05, 3.63) is 18.2 Å².